The van der Waals surface area contributed by atoms with Gasteiger partial charge in [0.25, 0.3) is 11.6 Å². The van der Waals surface area contributed by atoms with Crippen molar-refractivity contribution in [1.82, 2.24) is 4.98 Å². The van der Waals surface area contributed by atoms with Crippen molar-refractivity contribution < 1.29 is 9.72 Å². The molecule has 0 saturated heterocycles. The lowest BCUT2D eigenvalue weighted by Gasteiger charge is -2.06. The molecule has 6 nitrogen and oxygen atoms in total. The van der Waals surface area contributed by atoms with Gasteiger partial charge in [0.2, 0.25) is 0 Å². The predicted octanol–water partition coefficient (Wildman–Crippen LogP) is 3.33. The molecule has 0 atom stereocenters. The maximum absolute atomic E-state index is 12.2. The van der Waals surface area contributed by atoms with E-state index in [1.807, 2.05) is 6.07 Å². The Balaban J connectivity index is 1.91. The third-order valence-corrected chi connectivity index (χ3v) is 3.16. The molecule has 3 aromatic rings. The highest BCUT2D eigenvalue weighted by Crippen LogP contribution is 2.24. The SMILES string of the molecule is O=C(Nc1ccccc1[N+](=O)[O-])c1ccc2[nH]ccc2c1. The van der Waals surface area contributed by atoms with Gasteiger partial charge >= 0.3 is 0 Å². The minimum absolute atomic E-state index is 0.131. The quantitative estimate of drug-likeness (QED) is 0.570. The van der Waals surface area contributed by atoms with Crippen LogP contribution in [0.4, 0.5) is 11.4 Å². The molecule has 1 amide bonds. The molecule has 0 spiro atoms. The van der Waals surface area contributed by atoms with Gasteiger partial charge in [0.05, 0.1) is 4.92 Å². The summed E-state index contributed by atoms with van der Waals surface area (Å²) in [6.07, 6.45) is 1.79. The monoisotopic (exact) mass is 281 g/mol. The summed E-state index contributed by atoms with van der Waals surface area (Å²) in [5, 5.41) is 14.4. The predicted molar refractivity (Wildman–Crippen MR) is 79.3 cm³/mol. The molecular weight excluding hydrogens is 270 g/mol. The van der Waals surface area contributed by atoms with Crippen LogP contribution in [-0.4, -0.2) is 15.8 Å². The van der Waals surface area contributed by atoms with Gasteiger partial charge in [-0.3, -0.25) is 14.9 Å². The van der Waals surface area contributed by atoms with E-state index in [0.29, 0.717) is 5.56 Å². The molecule has 0 saturated carbocycles. The zero-order chi connectivity index (χ0) is 14.8. The molecule has 0 aliphatic carbocycles. The van der Waals surface area contributed by atoms with E-state index in [9.17, 15) is 14.9 Å². The lowest BCUT2D eigenvalue weighted by atomic mass is 10.1. The highest BCUT2D eigenvalue weighted by atomic mass is 16.6. The van der Waals surface area contributed by atoms with E-state index in [2.05, 4.69) is 10.3 Å². The summed E-state index contributed by atoms with van der Waals surface area (Å²) in [4.78, 5) is 25.7. The number of nitrogens with one attached hydrogen (secondary N) is 2. The summed E-state index contributed by atoms with van der Waals surface area (Å²) in [6.45, 7) is 0. The van der Waals surface area contributed by atoms with Gasteiger partial charge in [-0.2, -0.15) is 0 Å². The van der Waals surface area contributed by atoms with Crippen molar-refractivity contribution in [3.8, 4) is 0 Å². The molecular formula is C15H11N3O3. The molecule has 0 radical (unpaired) electrons. The summed E-state index contributed by atoms with van der Waals surface area (Å²) in [5.41, 5.74) is 1.42. The van der Waals surface area contributed by atoms with E-state index in [0.717, 1.165) is 10.9 Å². The fraction of sp³-hybridized carbons (Fsp3) is 0. The lowest BCUT2D eigenvalue weighted by Crippen LogP contribution is -2.12. The smallest absolute Gasteiger partial charge is 0.292 e. The zero-order valence-electron chi connectivity index (χ0n) is 10.9. The number of carbonyl (C=O) groups excluding carboxylic acids is 1. The molecule has 2 aromatic carbocycles. The van der Waals surface area contributed by atoms with E-state index in [1.54, 1.807) is 36.5 Å². The molecule has 0 aliphatic rings. The summed E-state index contributed by atoms with van der Waals surface area (Å²) in [6, 6.07) is 13.1. The molecule has 0 aliphatic heterocycles. The number of para-hydroxylation sites is 2. The van der Waals surface area contributed by atoms with Gasteiger partial charge in [0, 0.05) is 28.7 Å². The van der Waals surface area contributed by atoms with Gasteiger partial charge in [0.1, 0.15) is 5.69 Å². The Kier molecular flexibility index (Phi) is 3.12. The number of aromatic amines is 1. The highest BCUT2D eigenvalue weighted by molar-refractivity contribution is 6.07. The van der Waals surface area contributed by atoms with Gasteiger partial charge in [0.15, 0.2) is 0 Å². The molecule has 0 bridgehead atoms. The number of carbonyl (C=O) groups is 1. The molecule has 0 fully saturated rings. The van der Waals surface area contributed by atoms with Crippen LogP contribution in [0.2, 0.25) is 0 Å². The van der Waals surface area contributed by atoms with E-state index < -0.39 is 4.92 Å². The van der Waals surface area contributed by atoms with Crippen LogP contribution in [0.1, 0.15) is 10.4 Å². The first kappa shape index (κ1) is 12.9. The number of benzene rings is 2. The van der Waals surface area contributed by atoms with Crippen LogP contribution < -0.4 is 5.32 Å². The maximum Gasteiger partial charge on any atom is 0.292 e. The van der Waals surface area contributed by atoms with Crippen molar-refractivity contribution in [3.05, 3.63) is 70.4 Å². The van der Waals surface area contributed by atoms with Crippen LogP contribution in [0.3, 0.4) is 0 Å². The number of aromatic nitrogens is 1. The number of hydrogen-bond acceptors (Lipinski definition) is 3. The first-order valence-electron chi connectivity index (χ1n) is 6.27. The van der Waals surface area contributed by atoms with E-state index in [-0.39, 0.29) is 17.3 Å². The molecule has 2 N–H and O–H groups in total. The number of fused-ring (bicyclic) bond motifs is 1. The van der Waals surface area contributed by atoms with Crippen molar-refractivity contribution in [2.75, 3.05) is 5.32 Å². The number of nitro benzene ring substituents is 1. The van der Waals surface area contributed by atoms with Gasteiger partial charge in [-0.1, -0.05) is 12.1 Å². The maximum atomic E-state index is 12.2. The second-order valence-electron chi connectivity index (χ2n) is 4.51. The van der Waals surface area contributed by atoms with Crippen LogP contribution in [0.5, 0.6) is 0 Å². The van der Waals surface area contributed by atoms with Gasteiger partial charge in [-0.05, 0) is 30.3 Å². The largest absolute Gasteiger partial charge is 0.361 e. The van der Waals surface area contributed by atoms with Gasteiger partial charge < -0.3 is 10.3 Å². The molecule has 3 rings (SSSR count). The van der Waals surface area contributed by atoms with Crippen LogP contribution in [-0.2, 0) is 0 Å². The van der Waals surface area contributed by atoms with Crippen molar-refractivity contribution in [2.45, 2.75) is 0 Å². The Hall–Kier alpha value is -3.15. The van der Waals surface area contributed by atoms with Crippen molar-refractivity contribution in [2.24, 2.45) is 0 Å². The third-order valence-electron chi connectivity index (χ3n) is 3.16. The first-order valence-corrected chi connectivity index (χ1v) is 6.27. The summed E-state index contributed by atoms with van der Waals surface area (Å²) in [7, 11) is 0. The second kappa shape index (κ2) is 5.09. The van der Waals surface area contributed by atoms with Crippen molar-refractivity contribution >= 4 is 28.2 Å². The highest BCUT2D eigenvalue weighted by Gasteiger charge is 2.15. The second-order valence-corrected chi connectivity index (χ2v) is 4.51. The minimum atomic E-state index is -0.523. The standard InChI is InChI=1S/C15H11N3O3/c19-15(11-5-6-12-10(9-11)7-8-16-12)17-13-3-1-2-4-14(13)18(20)21/h1-9,16H,(H,17,19). The minimum Gasteiger partial charge on any atom is -0.361 e. The fourth-order valence-electron chi connectivity index (χ4n) is 2.13. The van der Waals surface area contributed by atoms with Crippen molar-refractivity contribution in [3.63, 3.8) is 0 Å². The van der Waals surface area contributed by atoms with Crippen molar-refractivity contribution in [1.29, 1.82) is 0 Å². The topological polar surface area (TPSA) is 88.0 Å². The third kappa shape index (κ3) is 2.46. The number of amides is 1. The van der Waals surface area contributed by atoms with Crippen LogP contribution in [0.25, 0.3) is 10.9 Å². The van der Waals surface area contributed by atoms with Gasteiger partial charge in [-0.15, -0.1) is 0 Å². The zero-order valence-corrected chi connectivity index (χ0v) is 10.9. The Morgan fingerprint density at radius 2 is 1.95 bits per heavy atom. The number of anilines is 1. The number of rotatable bonds is 3. The van der Waals surface area contributed by atoms with Crippen LogP contribution in [0.15, 0.2) is 54.7 Å². The number of nitro groups is 1. The fourth-order valence-corrected chi connectivity index (χ4v) is 2.13. The molecule has 1 aromatic heterocycles. The average molecular weight is 281 g/mol. The Morgan fingerprint density at radius 1 is 1.14 bits per heavy atom. The summed E-state index contributed by atoms with van der Waals surface area (Å²) in [5.74, 6) is -0.382. The Morgan fingerprint density at radius 3 is 2.76 bits per heavy atom. The normalized spacial score (nSPS) is 10.5. The first-order chi connectivity index (χ1) is 10.1. The molecule has 0 unspecified atom stereocenters. The van der Waals surface area contributed by atoms with Gasteiger partial charge in [-0.25, -0.2) is 0 Å². The van der Waals surface area contributed by atoms with E-state index in [4.69, 9.17) is 0 Å². The molecule has 1 heterocycles. The lowest BCUT2D eigenvalue weighted by molar-refractivity contribution is -0.383. The van der Waals surface area contributed by atoms with E-state index in [1.165, 1.54) is 12.1 Å². The Bertz CT molecular complexity index is 839. The van der Waals surface area contributed by atoms with E-state index >= 15 is 0 Å². The van der Waals surface area contributed by atoms with Crippen LogP contribution >= 0.6 is 0 Å². The van der Waals surface area contributed by atoms with Crippen LogP contribution in [0, 0.1) is 10.1 Å². The molecule has 21 heavy (non-hydrogen) atoms. The number of H-pyrrole nitrogens is 1. The molecule has 6 heteroatoms. The number of nitrogens with zero attached hydrogens (tertiary/aromatic N) is 1. The Labute approximate surface area is 119 Å². The average Bonchev–Trinajstić information content (AvgIpc) is 2.94. The number of hydrogen-bond donors (Lipinski definition) is 2. The summed E-state index contributed by atoms with van der Waals surface area (Å²) < 4.78 is 0. The summed E-state index contributed by atoms with van der Waals surface area (Å²) >= 11 is 0. The molecule has 104 valence electrons.